The van der Waals surface area contributed by atoms with E-state index in [1.54, 1.807) is 11.3 Å². The summed E-state index contributed by atoms with van der Waals surface area (Å²) in [5, 5.41) is 4.30. The number of aryl methyl sites for hydroxylation is 2. The molecule has 0 aliphatic carbocycles. The molecule has 1 amide bonds. The number of halogens is 1. The molecular formula is C21H22BrN3OS. The molecule has 0 unspecified atom stereocenters. The van der Waals surface area contributed by atoms with Crippen molar-refractivity contribution in [2.24, 2.45) is 5.92 Å². The van der Waals surface area contributed by atoms with Crippen LogP contribution in [0.25, 0.3) is 10.1 Å². The van der Waals surface area contributed by atoms with Crippen LogP contribution in [0.15, 0.2) is 41.0 Å². The average molecular weight is 444 g/mol. The second-order valence-electron chi connectivity index (χ2n) is 7.12. The van der Waals surface area contributed by atoms with E-state index in [2.05, 4.69) is 50.2 Å². The SMILES string of the molecule is Cc1cc2c(N3CCC(C(=O)Nc4ccc(Br)c(C)c4)CC3)nccc2s1. The average Bonchev–Trinajstić information content (AvgIpc) is 3.05. The summed E-state index contributed by atoms with van der Waals surface area (Å²) in [5.74, 6) is 1.22. The predicted octanol–water partition coefficient (Wildman–Crippen LogP) is 5.53. The molecule has 1 N–H and O–H groups in total. The van der Waals surface area contributed by atoms with Crippen LogP contribution in [-0.2, 0) is 4.79 Å². The zero-order valence-corrected chi connectivity index (χ0v) is 17.9. The molecule has 2 aromatic heterocycles. The summed E-state index contributed by atoms with van der Waals surface area (Å²) < 4.78 is 2.34. The number of fused-ring (bicyclic) bond motifs is 1. The van der Waals surface area contributed by atoms with E-state index in [1.807, 2.05) is 31.3 Å². The van der Waals surface area contributed by atoms with Gasteiger partial charge in [0.15, 0.2) is 0 Å². The van der Waals surface area contributed by atoms with E-state index in [0.717, 1.165) is 47.5 Å². The van der Waals surface area contributed by atoms with Gasteiger partial charge in [0.1, 0.15) is 5.82 Å². The highest BCUT2D eigenvalue weighted by molar-refractivity contribution is 9.10. The highest BCUT2D eigenvalue weighted by Gasteiger charge is 2.26. The van der Waals surface area contributed by atoms with Crippen LogP contribution in [0, 0.1) is 19.8 Å². The van der Waals surface area contributed by atoms with Crippen molar-refractivity contribution in [3.05, 3.63) is 51.4 Å². The standard InChI is InChI=1S/C21H22BrN3OS/c1-13-11-16(3-4-18(13)22)24-21(26)15-6-9-25(10-7-15)20-17-12-14(2)27-19(17)5-8-23-20/h3-5,8,11-12,15H,6-7,9-10H2,1-2H3,(H,24,26). The first-order chi connectivity index (χ1) is 13.0. The highest BCUT2D eigenvalue weighted by atomic mass is 79.9. The zero-order valence-electron chi connectivity index (χ0n) is 15.5. The number of hydrogen-bond donors (Lipinski definition) is 1. The molecule has 6 heteroatoms. The molecule has 1 fully saturated rings. The number of hydrogen-bond acceptors (Lipinski definition) is 4. The van der Waals surface area contributed by atoms with Crippen molar-refractivity contribution in [3.8, 4) is 0 Å². The molecular weight excluding hydrogens is 422 g/mol. The molecule has 1 saturated heterocycles. The lowest BCUT2D eigenvalue weighted by Gasteiger charge is -2.32. The smallest absolute Gasteiger partial charge is 0.227 e. The van der Waals surface area contributed by atoms with Crippen LogP contribution in [0.4, 0.5) is 11.5 Å². The number of nitrogens with one attached hydrogen (secondary N) is 1. The van der Waals surface area contributed by atoms with Crippen LogP contribution in [0.1, 0.15) is 23.3 Å². The second kappa shape index (κ2) is 7.60. The molecule has 1 aliphatic heterocycles. The summed E-state index contributed by atoms with van der Waals surface area (Å²) >= 11 is 5.30. The monoisotopic (exact) mass is 443 g/mol. The third-order valence-electron chi connectivity index (χ3n) is 5.14. The number of nitrogens with zero attached hydrogens (tertiary/aromatic N) is 2. The van der Waals surface area contributed by atoms with Crippen LogP contribution in [-0.4, -0.2) is 24.0 Å². The van der Waals surface area contributed by atoms with Crippen molar-refractivity contribution >= 4 is 54.8 Å². The third kappa shape index (κ3) is 3.87. The molecule has 4 nitrogen and oxygen atoms in total. The second-order valence-corrected chi connectivity index (χ2v) is 9.26. The van der Waals surface area contributed by atoms with Gasteiger partial charge >= 0.3 is 0 Å². The fourth-order valence-corrected chi connectivity index (χ4v) is 4.81. The van der Waals surface area contributed by atoms with Crippen molar-refractivity contribution in [3.63, 3.8) is 0 Å². The summed E-state index contributed by atoms with van der Waals surface area (Å²) in [7, 11) is 0. The third-order valence-corrected chi connectivity index (χ3v) is 7.04. The first-order valence-corrected chi connectivity index (χ1v) is 10.8. The van der Waals surface area contributed by atoms with Gasteiger partial charge < -0.3 is 10.2 Å². The molecule has 1 aliphatic rings. The molecule has 140 valence electrons. The molecule has 0 spiro atoms. The first-order valence-electron chi connectivity index (χ1n) is 9.18. The van der Waals surface area contributed by atoms with Crippen molar-refractivity contribution in [2.45, 2.75) is 26.7 Å². The summed E-state index contributed by atoms with van der Waals surface area (Å²) in [6.07, 6.45) is 3.59. The number of benzene rings is 1. The van der Waals surface area contributed by atoms with Gasteiger partial charge in [0.2, 0.25) is 5.91 Å². The Kier molecular flexibility index (Phi) is 5.19. The maximum absolute atomic E-state index is 12.7. The van der Waals surface area contributed by atoms with Crippen LogP contribution < -0.4 is 10.2 Å². The van der Waals surface area contributed by atoms with Crippen molar-refractivity contribution in [1.29, 1.82) is 0 Å². The Morgan fingerprint density at radius 1 is 1.22 bits per heavy atom. The lowest BCUT2D eigenvalue weighted by Crippen LogP contribution is -2.38. The van der Waals surface area contributed by atoms with Gasteiger partial charge in [-0.05, 0) is 62.6 Å². The van der Waals surface area contributed by atoms with E-state index >= 15 is 0 Å². The van der Waals surface area contributed by atoms with Crippen LogP contribution in [0.2, 0.25) is 0 Å². The van der Waals surface area contributed by atoms with Crippen LogP contribution >= 0.6 is 27.3 Å². The van der Waals surface area contributed by atoms with Gasteiger partial charge in [0, 0.05) is 50.3 Å². The molecule has 0 atom stereocenters. The minimum absolute atomic E-state index is 0.0496. The number of amides is 1. The molecule has 0 saturated carbocycles. The van der Waals surface area contributed by atoms with E-state index in [-0.39, 0.29) is 11.8 Å². The van der Waals surface area contributed by atoms with Gasteiger partial charge in [-0.2, -0.15) is 0 Å². The Labute approximate surface area is 171 Å². The molecule has 4 rings (SSSR count). The quantitative estimate of drug-likeness (QED) is 0.578. The summed E-state index contributed by atoms with van der Waals surface area (Å²) in [4.78, 5) is 20.9. The maximum atomic E-state index is 12.7. The number of rotatable bonds is 3. The van der Waals surface area contributed by atoms with Gasteiger partial charge in [-0.15, -0.1) is 11.3 Å². The van der Waals surface area contributed by atoms with Crippen molar-refractivity contribution in [1.82, 2.24) is 4.98 Å². The summed E-state index contributed by atoms with van der Waals surface area (Å²) in [6.45, 7) is 5.88. The van der Waals surface area contributed by atoms with Gasteiger partial charge in [-0.3, -0.25) is 4.79 Å². The van der Waals surface area contributed by atoms with E-state index < -0.39 is 0 Å². The topological polar surface area (TPSA) is 45.2 Å². The largest absolute Gasteiger partial charge is 0.356 e. The number of carbonyl (C=O) groups excluding carboxylic acids is 1. The van der Waals surface area contributed by atoms with E-state index in [1.165, 1.54) is 15.0 Å². The Morgan fingerprint density at radius 3 is 2.74 bits per heavy atom. The lowest BCUT2D eigenvalue weighted by atomic mass is 9.95. The molecule has 0 bridgehead atoms. The molecule has 27 heavy (non-hydrogen) atoms. The van der Waals surface area contributed by atoms with Gasteiger partial charge in [0.25, 0.3) is 0 Å². The van der Waals surface area contributed by atoms with E-state index in [0.29, 0.717) is 0 Å². The lowest BCUT2D eigenvalue weighted by molar-refractivity contribution is -0.120. The van der Waals surface area contributed by atoms with Gasteiger partial charge in [-0.25, -0.2) is 4.98 Å². The van der Waals surface area contributed by atoms with Crippen molar-refractivity contribution in [2.75, 3.05) is 23.3 Å². The normalized spacial score (nSPS) is 15.3. The fourth-order valence-electron chi connectivity index (χ4n) is 3.65. The first kappa shape index (κ1) is 18.4. The van der Waals surface area contributed by atoms with Gasteiger partial charge in [0.05, 0.1) is 0 Å². The number of thiophene rings is 1. The van der Waals surface area contributed by atoms with E-state index in [4.69, 9.17) is 0 Å². The van der Waals surface area contributed by atoms with Gasteiger partial charge in [-0.1, -0.05) is 15.9 Å². The van der Waals surface area contributed by atoms with Crippen LogP contribution in [0.5, 0.6) is 0 Å². The number of pyridine rings is 1. The number of aromatic nitrogens is 1. The fraction of sp³-hybridized carbons (Fsp3) is 0.333. The van der Waals surface area contributed by atoms with Crippen LogP contribution in [0.3, 0.4) is 0 Å². The minimum atomic E-state index is 0.0496. The Bertz CT molecular complexity index is 992. The Morgan fingerprint density at radius 2 is 2.00 bits per heavy atom. The highest BCUT2D eigenvalue weighted by Crippen LogP contribution is 2.33. The van der Waals surface area contributed by atoms with Crippen molar-refractivity contribution < 1.29 is 4.79 Å². The number of carbonyl (C=O) groups is 1. The molecule has 3 heterocycles. The molecule has 0 radical (unpaired) electrons. The number of anilines is 2. The predicted molar refractivity (Wildman–Crippen MR) is 117 cm³/mol. The molecule has 3 aromatic rings. The summed E-state index contributed by atoms with van der Waals surface area (Å²) in [6, 6.07) is 10.2. The Hall–Kier alpha value is -1.92. The maximum Gasteiger partial charge on any atom is 0.227 e. The zero-order chi connectivity index (χ0) is 19.0. The summed E-state index contributed by atoms with van der Waals surface area (Å²) in [5.41, 5.74) is 1.98. The minimum Gasteiger partial charge on any atom is -0.356 e. The van der Waals surface area contributed by atoms with E-state index in [9.17, 15) is 4.79 Å². The number of piperidine rings is 1. The molecule has 1 aromatic carbocycles. The Balaban J connectivity index is 1.42.